The second-order valence-corrected chi connectivity index (χ2v) is 8.63. The molecule has 5 nitrogen and oxygen atoms in total. The third kappa shape index (κ3) is 3.88. The fraction of sp³-hybridized carbons (Fsp3) is 0.0769. The van der Waals surface area contributed by atoms with Gasteiger partial charge >= 0.3 is 5.51 Å². The van der Waals surface area contributed by atoms with Crippen LogP contribution in [0.25, 0.3) is 0 Å². The molecule has 136 valence electrons. The van der Waals surface area contributed by atoms with Crippen LogP contribution in [-0.4, -0.2) is 22.3 Å². The van der Waals surface area contributed by atoms with E-state index in [1.807, 2.05) is 4.72 Å². The number of sulfonamides is 1. The summed E-state index contributed by atoms with van der Waals surface area (Å²) in [6.07, 6.45) is 0. The smallest absolute Gasteiger partial charge is 0.278 e. The molecule has 0 aliphatic rings. The van der Waals surface area contributed by atoms with E-state index < -0.39 is 41.0 Å². The lowest BCUT2D eigenvalue weighted by Crippen LogP contribution is -2.25. The normalized spacial score (nSPS) is 12.8. The van der Waals surface area contributed by atoms with Crippen LogP contribution in [0.1, 0.15) is 0 Å². The summed E-state index contributed by atoms with van der Waals surface area (Å²) in [7, 11) is -10.6. The summed E-state index contributed by atoms with van der Waals surface area (Å²) in [6, 6.07) is 6.61. The standard InChI is InChI=1S/C13H8ClF4NO4S2/c14-9-3-1-2-4-11(9)19-25(22,23)8-5-6-10(15)12(7-8)24(20,21)13(16,17)18/h1-7,19H. The lowest BCUT2D eigenvalue weighted by Gasteiger charge is -2.12. The summed E-state index contributed by atoms with van der Waals surface area (Å²) in [5.41, 5.74) is -5.87. The summed E-state index contributed by atoms with van der Waals surface area (Å²) < 4.78 is 100. The minimum Gasteiger partial charge on any atom is -0.278 e. The van der Waals surface area contributed by atoms with E-state index in [2.05, 4.69) is 0 Å². The number of alkyl halides is 3. The maximum Gasteiger partial charge on any atom is 0.502 e. The van der Waals surface area contributed by atoms with Gasteiger partial charge in [0.25, 0.3) is 19.9 Å². The number of para-hydroxylation sites is 1. The molecule has 2 aromatic carbocycles. The zero-order chi connectivity index (χ0) is 19.0. The van der Waals surface area contributed by atoms with E-state index in [1.54, 1.807) is 0 Å². The van der Waals surface area contributed by atoms with E-state index in [4.69, 9.17) is 11.6 Å². The van der Waals surface area contributed by atoms with E-state index >= 15 is 0 Å². The van der Waals surface area contributed by atoms with Gasteiger partial charge in [0, 0.05) is 0 Å². The highest BCUT2D eigenvalue weighted by atomic mass is 35.5. The van der Waals surface area contributed by atoms with E-state index in [0.29, 0.717) is 12.1 Å². The van der Waals surface area contributed by atoms with Gasteiger partial charge in [-0.1, -0.05) is 23.7 Å². The third-order valence-electron chi connectivity index (χ3n) is 2.93. The van der Waals surface area contributed by atoms with Crippen LogP contribution in [0.4, 0.5) is 23.2 Å². The maximum absolute atomic E-state index is 13.6. The first-order chi connectivity index (χ1) is 11.4. The summed E-state index contributed by atoms with van der Waals surface area (Å²) in [6.45, 7) is 0. The quantitative estimate of drug-likeness (QED) is 0.771. The number of halogens is 5. The van der Waals surface area contributed by atoms with Crippen LogP contribution in [0.2, 0.25) is 5.02 Å². The fourth-order valence-electron chi connectivity index (χ4n) is 1.73. The van der Waals surface area contributed by atoms with Gasteiger partial charge < -0.3 is 0 Å². The molecule has 0 saturated heterocycles. The van der Waals surface area contributed by atoms with Crippen LogP contribution < -0.4 is 4.72 Å². The number of nitrogens with one attached hydrogen (secondary N) is 1. The van der Waals surface area contributed by atoms with Gasteiger partial charge in [0.2, 0.25) is 0 Å². The van der Waals surface area contributed by atoms with Crippen molar-refractivity contribution in [1.29, 1.82) is 0 Å². The molecule has 0 atom stereocenters. The SMILES string of the molecule is O=S(=O)(Nc1ccccc1Cl)c1ccc(F)c(S(=O)(=O)C(F)(F)F)c1. The molecule has 2 rings (SSSR count). The van der Waals surface area contributed by atoms with Gasteiger partial charge in [0.15, 0.2) is 0 Å². The molecule has 0 saturated carbocycles. The van der Waals surface area contributed by atoms with Crippen molar-refractivity contribution in [3.63, 3.8) is 0 Å². The Bertz CT molecular complexity index is 1020. The van der Waals surface area contributed by atoms with Gasteiger partial charge in [-0.2, -0.15) is 13.2 Å². The van der Waals surface area contributed by atoms with Crippen molar-refractivity contribution in [1.82, 2.24) is 0 Å². The molecule has 0 bridgehead atoms. The minimum absolute atomic E-state index is 0.00340. The number of rotatable bonds is 4. The number of hydrogen-bond donors (Lipinski definition) is 1. The highest BCUT2D eigenvalue weighted by molar-refractivity contribution is 7.93. The van der Waals surface area contributed by atoms with E-state index in [9.17, 15) is 34.4 Å². The second-order valence-electron chi connectivity index (χ2n) is 4.63. The number of hydrogen-bond acceptors (Lipinski definition) is 4. The van der Waals surface area contributed by atoms with Crippen molar-refractivity contribution < 1.29 is 34.4 Å². The highest BCUT2D eigenvalue weighted by Gasteiger charge is 2.48. The van der Waals surface area contributed by atoms with E-state index in [1.165, 1.54) is 24.3 Å². The first kappa shape index (κ1) is 19.5. The lowest BCUT2D eigenvalue weighted by atomic mass is 10.3. The zero-order valence-corrected chi connectivity index (χ0v) is 14.3. The number of anilines is 1. The Balaban J connectivity index is 2.54. The van der Waals surface area contributed by atoms with Crippen molar-refractivity contribution in [2.45, 2.75) is 15.3 Å². The van der Waals surface area contributed by atoms with Gasteiger partial charge in [-0.15, -0.1) is 0 Å². The fourth-order valence-corrected chi connectivity index (χ4v) is 4.00. The van der Waals surface area contributed by atoms with Crippen molar-refractivity contribution in [3.05, 3.63) is 53.3 Å². The molecule has 0 heterocycles. The Morgan fingerprint density at radius 3 is 2.12 bits per heavy atom. The highest BCUT2D eigenvalue weighted by Crippen LogP contribution is 2.33. The third-order valence-corrected chi connectivity index (χ3v) is 6.12. The molecule has 0 aliphatic heterocycles. The number of sulfone groups is 1. The van der Waals surface area contributed by atoms with Crippen LogP contribution in [0, 0.1) is 5.82 Å². The Kier molecular flexibility index (Phi) is 5.04. The van der Waals surface area contributed by atoms with Crippen LogP contribution in [-0.2, 0) is 19.9 Å². The molecule has 0 spiro atoms. The van der Waals surface area contributed by atoms with Crippen molar-refractivity contribution in [2.75, 3.05) is 4.72 Å². The molecule has 0 amide bonds. The van der Waals surface area contributed by atoms with Gasteiger partial charge in [0.1, 0.15) is 10.7 Å². The molecule has 1 N–H and O–H groups in total. The monoisotopic (exact) mass is 417 g/mol. The molecule has 0 aromatic heterocycles. The van der Waals surface area contributed by atoms with Crippen LogP contribution >= 0.6 is 11.6 Å². The maximum atomic E-state index is 13.6. The average Bonchev–Trinajstić information content (AvgIpc) is 2.48. The molecule has 2 aromatic rings. The largest absolute Gasteiger partial charge is 0.502 e. The van der Waals surface area contributed by atoms with Gasteiger partial charge in [-0.25, -0.2) is 21.2 Å². The predicted molar refractivity (Wildman–Crippen MR) is 81.9 cm³/mol. The molecular weight excluding hydrogens is 410 g/mol. The molecule has 0 fully saturated rings. The van der Waals surface area contributed by atoms with Crippen molar-refractivity contribution >= 4 is 37.1 Å². The number of benzene rings is 2. The first-order valence-corrected chi connectivity index (χ1v) is 9.59. The summed E-state index contributed by atoms with van der Waals surface area (Å²) in [4.78, 5) is -2.67. The van der Waals surface area contributed by atoms with E-state index in [-0.39, 0.29) is 16.8 Å². The van der Waals surface area contributed by atoms with Crippen LogP contribution in [0.15, 0.2) is 52.3 Å². The predicted octanol–water partition coefficient (Wildman–Crippen LogP) is 3.57. The van der Waals surface area contributed by atoms with Gasteiger partial charge in [0.05, 0.1) is 15.6 Å². The first-order valence-electron chi connectivity index (χ1n) is 6.24. The summed E-state index contributed by atoms with van der Waals surface area (Å²) in [5, 5.41) is -0.00340. The molecule has 0 unspecified atom stereocenters. The summed E-state index contributed by atoms with van der Waals surface area (Å²) >= 11 is 5.78. The Morgan fingerprint density at radius 2 is 1.56 bits per heavy atom. The van der Waals surface area contributed by atoms with Gasteiger partial charge in [-0.3, -0.25) is 4.72 Å². The van der Waals surface area contributed by atoms with Crippen molar-refractivity contribution in [3.8, 4) is 0 Å². The Labute approximate surface area is 145 Å². The average molecular weight is 418 g/mol. The zero-order valence-electron chi connectivity index (χ0n) is 11.9. The Morgan fingerprint density at radius 1 is 0.960 bits per heavy atom. The van der Waals surface area contributed by atoms with E-state index in [0.717, 1.165) is 0 Å². The molecule has 12 heteroatoms. The molecular formula is C13H8ClF4NO4S2. The molecule has 0 radical (unpaired) electrons. The second kappa shape index (κ2) is 6.46. The van der Waals surface area contributed by atoms with Crippen LogP contribution in [0.5, 0.6) is 0 Å². The molecule has 25 heavy (non-hydrogen) atoms. The lowest BCUT2D eigenvalue weighted by molar-refractivity contribution is -0.0437. The topological polar surface area (TPSA) is 80.3 Å². The van der Waals surface area contributed by atoms with Crippen molar-refractivity contribution in [2.24, 2.45) is 0 Å². The van der Waals surface area contributed by atoms with Gasteiger partial charge in [-0.05, 0) is 30.3 Å². The molecule has 0 aliphatic carbocycles. The minimum atomic E-state index is -6.06. The Hall–Kier alpha value is -1.85. The summed E-state index contributed by atoms with van der Waals surface area (Å²) in [5.74, 6) is -1.73. The van der Waals surface area contributed by atoms with Crippen LogP contribution in [0.3, 0.4) is 0 Å².